The van der Waals surface area contributed by atoms with Gasteiger partial charge in [-0.1, -0.05) is 18.2 Å². The summed E-state index contributed by atoms with van der Waals surface area (Å²) >= 11 is 1.51. The Morgan fingerprint density at radius 2 is 1.93 bits per heavy atom. The summed E-state index contributed by atoms with van der Waals surface area (Å²) in [4.78, 5) is 14.8. The van der Waals surface area contributed by atoms with E-state index in [0.717, 1.165) is 16.9 Å². The first-order valence-corrected chi connectivity index (χ1v) is 5.57. The molecule has 1 aromatic carbocycles. The van der Waals surface area contributed by atoms with Crippen LogP contribution in [-0.4, -0.2) is 11.3 Å². The number of aryl methyl sites for hydroxylation is 2. The van der Waals surface area contributed by atoms with Crippen molar-refractivity contribution in [2.45, 2.75) is 13.8 Å². The predicted octanol–water partition coefficient (Wildman–Crippen LogP) is 3.24. The Morgan fingerprint density at radius 1 is 1.27 bits per heavy atom. The predicted molar refractivity (Wildman–Crippen MR) is 62.4 cm³/mol. The van der Waals surface area contributed by atoms with E-state index in [1.807, 2.05) is 6.07 Å². The molecule has 1 aromatic heterocycles. The molecule has 2 rings (SSSR count). The van der Waals surface area contributed by atoms with Gasteiger partial charge in [0.25, 0.3) is 0 Å². The molecular weight excluding hydrogens is 206 g/mol. The van der Waals surface area contributed by atoms with E-state index >= 15 is 0 Å². The van der Waals surface area contributed by atoms with Crippen LogP contribution in [0.1, 0.15) is 21.6 Å². The van der Waals surface area contributed by atoms with Crippen molar-refractivity contribution in [2.75, 3.05) is 0 Å². The highest BCUT2D eigenvalue weighted by Crippen LogP contribution is 2.29. The van der Waals surface area contributed by atoms with Crippen LogP contribution in [0.3, 0.4) is 0 Å². The van der Waals surface area contributed by atoms with Crippen LogP contribution in [-0.2, 0) is 0 Å². The van der Waals surface area contributed by atoms with Gasteiger partial charge in [0.15, 0.2) is 6.29 Å². The van der Waals surface area contributed by atoms with Gasteiger partial charge >= 0.3 is 0 Å². The Hall–Kier alpha value is -1.48. The summed E-state index contributed by atoms with van der Waals surface area (Å²) in [5, 5.41) is 2.71. The van der Waals surface area contributed by atoms with E-state index in [0.29, 0.717) is 5.69 Å². The Bertz CT molecular complexity index is 482. The standard InChI is InChI=1S/C12H11NOS/c1-8-4-3-5-9(2)11(8)12-13-10(6-14)7-15-12/h3-7H,1-2H3. The molecule has 2 aromatic rings. The Labute approximate surface area is 92.6 Å². The summed E-state index contributed by atoms with van der Waals surface area (Å²) in [6.45, 7) is 4.12. The van der Waals surface area contributed by atoms with Crippen LogP contribution in [0.15, 0.2) is 23.6 Å². The van der Waals surface area contributed by atoms with Crippen molar-refractivity contribution < 1.29 is 4.79 Å². The summed E-state index contributed by atoms with van der Waals surface area (Å²) in [5.41, 5.74) is 4.05. The minimum absolute atomic E-state index is 0.512. The van der Waals surface area contributed by atoms with Crippen molar-refractivity contribution in [2.24, 2.45) is 0 Å². The van der Waals surface area contributed by atoms with Crippen LogP contribution in [0.25, 0.3) is 10.6 Å². The molecular formula is C12H11NOS. The fourth-order valence-electron chi connectivity index (χ4n) is 1.61. The van der Waals surface area contributed by atoms with Gasteiger partial charge in [-0.05, 0) is 25.0 Å². The van der Waals surface area contributed by atoms with Gasteiger partial charge in [-0.3, -0.25) is 4.79 Å². The van der Waals surface area contributed by atoms with E-state index in [9.17, 15) is 4.79 Å². The molecule has 0 radical (unpaired) electrons. The number of thiazole rings is 1. The molecule has 0 unspecified atom stereocenters. The molecule has 0 aliphatic heterocycles. The molecule has 15 heavy (non-hydrogen) atoms. The largest absolute Gasteiger partial charge is 0.296 e. The fraction of sp³-hybridized carbons (Fsp3) is 0.167. The molecule has 0 amide bonds. The van der Waals surface area contributed by atoms with Gasteiger partial charge in [-0.15, -0.1) is 11.3 Å². The summed E-state index contributed by atoms with van der Waals surface area (Å²) in [6.07, 6.45) is 0.785. The third-order valence-corrected chi connectivity index (χ3v) is 3.22. The lowest BCUT2D eigenvalue weighted by molar-refractivity contribution is 0.111. The smallest absolute Gasteiger partial charge is 0.169 e. The molecule has 1 heterocycles. The SMILES string of the molecule is Cc1cccc(C)c1-c1nc(C=O)cs1. The van der Waals surface area contributed by atoms with Crippen molar-refractivity contribution in [3.05, 3.63) is 40.4 Å². The lowest BCUT2D eigenvalue weighted by atomic mass is 10.0. The second-order valence-corrected chi connectivity index (χ2v) is 4.32. The molecule has 0 aliphatic rings. The summed E-state index contributed by atoms with van der Waals surface area (Å²) < 4.78 is 0. The molecule has 76 valence electrons. The van der Waals surface area contributed by atoms with Crippen molar-refractivity contribution in [1.82, 2.24) is 4.98 Å². The van der Waals surface area contributed by atoms with Gasteiger partial charge in [0.05, 0.1) is 0 Å². The van der Waals surface area contributed by atoms with E-state index in [1.54, 1.807) is 5.38 Å². The summed E-state index contributed by atoms with van der Waals surface area (Å²) in [6, 6.07) is 6.15. The first-order valence-electron chi connectivity index (χ1n) is 4.69. The minimum atomic E-state index is 0.512. The van der Waals surface area contributed by atoms with E-state index in [2.05, 4.69) is 31.0 Å². The van der Waals surface area contributed by atoms with Crippen LogP contribution >= 0.6 is 11.3 Å². The van der Waals surface area contributed by atoms with Gasteiger partial charge in [0.1, 0.15) is 10.7 Å². The molecule has 3 heteroatoms. The zero-order valence-electron chi connectivity index (χ0n) is 8.65. The van der Waals surface area contributed by atoms with Gasteiger partial charge < -0.3 is 0 Å². The van der Waals surface area contributed by atoms with E-state index in [4.69, 9.17) is 0 Å². The quantitative estimate of drug-likeness (QED) is 0.723. The maximum atomic E-state index is 10.6. The van der Waals surface area contributed by atoms with Gasteiger partial charge in [0, 0.05) is 10.9 Å². The van der Waals surface area contributed by atoms with Gasteiger partial charge in [-0.2, -0.15) is 0 Å². The van der Waals surface area contributed by atoms with Crippen molar-refractivity contribution in [1.29, 1.82) is 0 Å². The number of hydrogen-bond acceptors (Lipinski definition) is 3. The van der Waals surface area contributed by atoms with Crippen molar-refractivity contribution >= 4 is 17.6 Å². The molecule has 0 N–H and O–H groups in total. The molecule has 0 aliphatic carbocycles. The number of hydrogen-bond donors (Lipinski definition) is 0. The molecule has 2 nitrogen and oxygen atoms in total. The topological polar surface area (TPSA) is 30.0 Å². The van der Waals surface area contributed by atoms with E-state index in [-0.39, 0.29) is 0 Å². The number of nitrogens with zero attached hydrogens (tertiary/aromatic N) is 1. The second kappa shape index (κ2) is 3.95. The third kappa shape index (κ3) is 1.83. The van der Waals surface area contributed by atoms with E-state index in [1.165, 1.54) is 22.5 Å². The number of rotatable bonds is 2. The fourth-order valence-corrected chi connectivity index (χ4v) is 2.55. The van der Waals surface area contributed by atoms with Crippen LogP contribution in [0, 0.1) is 13.8 Å². The van der Waals surface area contributed by atoms with Gasteiger partial charge in [0.2, 0.25) is 0 Å². The molecule has 0 fully saturated rings. The number of carbonyl (C=O) groups is 1. The molecule has 0 saturated carbocycles. The highest BCUT2D eigenvalue weighted by atomic mass is 32.1. The van der Waals surface area contributed by atoms with Crippen molar-refractivity contribution in [3.63, 3.8) is 0 Å². The highest BCUT2D eigenvalue weighted by Gasteiger charge is 2.09. The Morgan fingerprint density at radius 3 is 2.47 bits per heavy atom. The monoisotopic (exact) mass is 217 g/mol. The van der Waals surface area contributed by atoms with Crippen LogP contribution in [0.2, 0.25) is 0 Å². The number of carbonyl (C=O) groups excluding carboxylic acids is 1. The van der Waals surface area contributed by atoms with Crippen LogP contribution < -0.4 is 0 Å². The second-order valence-electron chi connectivity index (χ2n) is 3.46. The lowest BCUT2D eigenvalue weighted by Gasteiger charge is -2.05. The average molecular weight is 217 g/mol. The normalized spacial score (nSPS) is 10.3. The summed E-state index contributed by atoms with van der Waals surface area (Å²) in [7, 11) is 0. The zero-order valence-corrected chi connectivity index (χ0v) is 9.47. The van der Waals surface area contributed by atoms with Crippen LogP contribution in [0.5, 0.6) is 0 Å². The average Bonchev–Trinajstić information content (AvgIpc) is 2.66. The molecule has 0 spiro atoms. The third-order valence-electron chi connectivity index (χ3n) is 2.34. The maximum absolute atomic E-state index is 10.6. The first-order chi connectivity index (χ1) is 7.22. The molecule has 0 bridgehead atoms. The number of benzene rings is 1. The molecule has 0 saturated heterocycles. The first kappa shape index (κ1) is 10.1. The van der Waals surface area contributed by atoms with E-state index < -0.39 is 0 Å². The Kier molecular flexibility index (Phi) is 2.64. The highest BCUT2D eigenvalue weighted by molar-refractivity contribution is 7.13. The van der Waals surface area contributed by atoms with Crippen LogP contribution in [0.4, 0.5) is 0 Å². The number of aromatic nitrogens is 1. The minimum Gasteiger partial charge on any atom is -0.296 e. The lowest BCUT2D eigenvalue weighted by Crippen LogP contribution is -1.87. The van der Waals surface area contributed by atoms with Gasteiger partial charge in [-0.25, -0.2) is 4.98 Å². The zero-order chi connectivity index (χ0) is 10.8. The van der Waals surface area contributed by atoms with Crippen molar-refractivity contribution in [3.8, 4) is 10.6 Å². The Balaban J connectivity index is 2.58. The molecule has 0 atom stereocenters. The maximum Gasteiger partial charge on any atom is 0.169 e. The number of aldehydes is 1. The summed E-state index contributed by atoms with van der Waals surface area (Å²) in [5.74, 6) is 0.